The van der Waals surface area contributed by atoms with E-state index in [0.717, 1.165) is 38.5 Å². The minimum Gasteiger partial charge on any atom is -0.550 e. The van der Waals surface area contributed by atoms with E-state index in [1.807, 2.05) is 0 Å². The fourth-order valence-corrected chi connectivity index (χ4v) is 5.45. The van der Waals surface area contributed by atoms with E-state index in [-0.39, 0.29) is 60.7 Å². The van der Waals surface area contributed by atoms with Crippen molar-refractivity contribution >= 4 is 86.1 Å². The Labute approximate surface area is 294 Å². The van der Waals surface area contributed by atoms with Crippen LogP contribution >= 0.6 is 25.3 Å². The Morgan fingerprint density at radius 2 is 0.692 bits per heavy atom. The number of aliphatic carboxylic acids is 2. The molecule has 4 nitrogen and oxygen atoms in total. The molecule has 0 N–H and O–H groups in total. The zero-order valence-corrected chi connectivity index (χ0v) is 32.0. The van der Waals surface area contributed by atoms with E-state index in [4.69, 9.17) is 0 Å². The Morgan fingerprint density at radius 3 is 0.897 bits per heavy atom. The van der Waals surface area contributed by atoms with Crippen LogP contribution in [0, 0.1) is 11.8 Å². The zero-order valence-electron chi connectivity index (χ0n) is 25.8. The van der Waals surface area contributed by atoms with Gasteiger partial charge in [-0.15, -0.1) is 0 Å². The number of hydrogen-bond acceptors (Lipinski definition) is 6. The van der Waals surface area contributed by atoms with Crippen LogP contribution in [0.1, 0.15) is 168 Å². The Hall–Kier alpha value is 1.21. The van der Waals surface area contributed by atoms with Crippen LogP contribution in [0.25, 0.3) is 0 Å². The number of carboxylic acids is 2. The summed E-state index contributed by atoms with van der Waals surface area (Å²) in [5, 5.41) is 21.7. The SMILES string of the molecule is CCCCCCCCCCCCC(CCS)C(=O)[O-].CCCCCCCCCCCCC(CCS)C(=O)[O-].[Ba+2]. The van der Waals surface area contributed by atoms with Gasteiger partial charge in [0.1, 0.15) is 0 Å². The van der Waals surface area contributed by atoms with Crippen molar-refractivity contribution in [3.8, 4) is 0 Å². The first kappa shape index (κ1) is 44.7. The molecule has 2 unspecified atom stereocenters. The second-order valence-corrected chi connectivity index (χ2v) is 11.9. The predicted molar refractivity (Wildman–Crippen MR) is 173 cm³/mol. The minimum absolute atomic E-state index is 0. The molecule has 2 atom stereocenters. The maximum absolute atomic E-state index is 10.8. The largest absolute Gasteiger partial charge is 2.00 e. The molecule has 7 heteroatoms. The second-order valence-electron chi connectivity index (χ2n) is 11.0. The van der Waals surface area contributed by atoms with Crippen molar-refractivity contribution in [2.45, 2.75) is 168 Å². The van der Waals surface area contributed by atoms with Crippen LogP contribution < -0.4 is 10.2 Å². The predicted octanol–water partition coefficient (Wildman–Crippen LogP) is 7.59. The number of rotatable bonds is 28. The molecule has 0 aliphatic carbocycles. The number of thiol groups is 2. The van der Waals surface area contributed by atoms with Crippen molar-refractivity contribution in [3.05, 3.63) is 0 Å². The molecule has 0 radical (unpaired) electrons. The molecular weight excluding hydrogens is 650 g/mol. The molecule has 0 saturated carbocycles. The average molecular weight is 712 g/mol. The first-order valence-corrected chi connectivity index (χ1v) is 17.3. The monoisotopic (exact) mass is 712 g/mol. The summed E-state index contributed by atoms with van der Waals surface area (Å²) in [6.45, 7) is 4.49. The summed E-state index contributed by atoms with van der Waals surface area (Å²) in [7, 11) is 0. The number of carboxylic acid groups (broad SMARTS) is 2. The van der Waals surface area contributed by atoms with Gasteiger partial charge in [-0.2, -0.15) is 25.3 Å². The van der Waals surface area contributed by atoms with Crippen LogP contribution in [0.5, 0.6) is 0 Å². The number of carbonyl (C=O) groups excluding carboxylic acids is 2. The van der Waals surface area contributed by atoms with Crippen molar-refractivity contribution < 1.29 is 19.8 Å². The number of unbranched alkanes of at least 4 members (excludes halogenated alkanes) is 18. The van der Waals surface area contributed by atoms with Gasteiger partial charge in [-0.05, 0) is 49.0 Å². The van der Waals surface area contributed by atoms with Gasteiger partial charge >= 0.3 is 48.9 Å². The molecule has 0 aromatic carbocycles. The molecule has 0 aromatic rings. The maximum Gasteiger partial charge on any atom is 2.00 e. The van der Waals surface area contributed by atoms with Crippen LogP contribution in [-0.4, -0.2) is 72.3 Å². The minimum atomic E-state index is -0.898. The Balaban J connectivity index is -0.000000648. The Bertz CT molecular complexity index is 465. The van der Waals surface area contributed by atoms with Crippen molar-refractivity contribution in [3.63, 3.8) is 0 Å². The van der Waals surface area contributed by atoms with Gasteiger partial charge in [0.15, 0.2) is 0 Å². The summed E-state index contributed by atoms with van der Waals surface area (Å²) in [5.41, 5.74) is 0. The summed E-state index contributed by atoms with van der Waals surface area (Å²) in [5.74, 6) is -1.10. The molecule has 0 amide bonds. The third-order valence-electron chi connectivity index (χ3n) is 7.43. The standard InChI is InChI=1S/2C16H32O2S.Ba/c2*1-2-3-4-5-6-7-8-9-10-11-12-15(13-14-19)16(17)18;/h2*15,19H,2-14H2,1H3,(H,17,18);/q;;+2/p-2. The van der Waals surface area contributed by atoms with E-state index in [1.54, 1.807) is 0 Å². The van der Waals surface area contributed by atoms with Crippen molar-refractivity contribution in [2.24, 2.45) is 11.8 Å². The van der Waals surface area contributed by atoms with Crippen molar-refractivity contribution in [1.29, 1.82) is 0 Å². The molecule has 0 aliphatic rings. The molecule has 0 saturated heterocycles. The summed E-state index contributed by atoms with van der Waals surface area (Å²) in [6, 6.07) is 0. The van der Waals surface area contributed by atoms with Gasteiger partial charge in [0, 0.05) is 11.9 Å². The first-order valence-electron chi connectivity index (χ1n) is 16.1. The van der Waals surface area contributed by atoms with E-state index in [9.17, 15) is 19.8 Å². The molecule has 0 aliphatic heterocycles. The summed E-state index contributed by atoms with van der Waals surface area (Å²) in [4.78, 5) is 21.7. The van der Waals surface area contributed by atoms with E-state index in [0.29, 0.717) is 24.3 Å². The van der Waals surface area contributed by atoms with Crippen LogP contribution in [0.4, 0.5) is 0 Å². The van der Waals surface area contributed by atoms with Gasteiger partial charge in [0.05, 0.1) is 0 Å². The normalized spacial score (nSPS) is 12.2. The van der Waals surface area contributed by atoms with Gasteiger partial charge in [0.25, 0.3) is 0 Å². The number of carbonyl (C=O) groups is 2. The number of hydrogen-bond donors (Lipinski definition) is 2. The fraction of sp³-hybridized carbons (Fsp3) is 0.938. The van der Waals surface area contributed by atoms with E-state index in [1.165, 1.54) is 103 Å². The van der Waals surface area contributed by atoms with Crippen LogP contribution in [0.2, 0.25) is 0 Å². The molecule has 0 spiro atoms. The zero-order chi connectivity index (χ0) is 28.7. The third-order valence-corrected chi connectivity index (χ3v) is 7.95. The molecule has 228 valence electrons. The van der Waals surface area contributed by atoms with E-state index in [2.05, 4.69) is 39.1 Å². The molecule has 0 bridgehead atoms. The summed E-state index contributed by atoms with van der Waals surface area (Å²) >= 11 is 8.18. The topological polar surface area (TPSA) is 80.3 Å². The van der Waals surface area contributed by atoms with Crippen LogP contribution in [0.15, 0.2) is 0 Å². The van der Waals surface area contributed by atoms with Crippen molar-refractivity contribution in [1.82, 2.24) is 0 Å². The molecule has 0 fully saturated rings. The third kappa shape index (κ3) is 35.3. The van der Waals surface area contributed by atoms with Gasteiger partial charge in [-0.1, -0.05) is 142 Å². The van der Waals surface area contributed by atoms with E-state index < -0.39 is 11.9 Å². The first-order chi connectivity index (χ1) is 18.4. The van der Waals surface area contributed by atoms with Gasteiger partial charge in [-0.3, -0.25) is 0 Å². The summed E-state index contributed by atoms with van der Waals surface area (Å²) in [6.07, 6.45) is 28.5. The Morgan fingerprint density at radius 1 is 0.462 bits per heavy atom. The van der Waals surface area contributed by atoms with Gasteiger partial charge in [-0.25, -0.2) is 0 Å². The molecular formula is C32H62BaO4S2. The summed E-state index contributed by atoms with van der Waals surface area (Å²) < 4.78 is 0. The second kappa shape index (κ2) is 37.2. The fourth-order valence-electron chi connectivity index (χ4n) is 4.83. The van der Waals surface area contributed by atoms with Crippen molar-refractivity contribution in [2.75, 3.05) is 11.5 Å². The van der Waals surface area contributed by atoms with Crippen LogP contribution in [-0.2, 0) is 9.59 Å². The van der Waals surface area contributed by atoms with Gasteiger partial charge in [0.2, 0.25) is 0 Å². The van der Waals surface area contributed by atoms with E-state index >= 15 is 0 Å². The molecule has 39 heavy (non-hydrogen) atoms. The molecule has 0 heterocycles. The average Bonchev–Trinajstić information content (AvgIpc) is 2.89. The van der Waals surface area contributed by atoms with Gasteiger partial charge < -0.3 is 19.8 Å². The quantitative estimate of drug-likeness (QED) is 0.0498. The Kier molecular flexibility index (Phi) is 42.6. The smallest absolute Gasteiger partial charge is 0.550 e. The van der Waals surface area contributed by atoms with Crippen LogP contribution in [0.3, 0.4) is 0 Å². The molecule has 0 rings (SSSR count). The maximum atomic E-state index is 10.8. The molecule has 0 aromatic heterocycles.